The SMILES string of the molecule is c1ccc2c(c1)[C@H]1[C@H]3N=N[C@H]1C1(CC1)[C@@H]23. The van der Waals surface area contributed by atoms with Gasteiger partial charge in [0.1, 0.15) is 0 Å². The molecule has 4 aliphatic rings. The van der Waals surface area contributed by atoms with Crippen molar-refractivity contribution in [2.24, 2.45) is 15.6 Å². The first kappa shape index (κ1) is 7.15. The molecule has 0 radical (unpaired) electrons. The smallest absolute Gasteiger partial charge is 0.0872 e. The van der Waals surface area contributed by atoms with Gasteiger partial charge in [0.25, 0.3) is 0 Å². The van der Waals surface area contributed by atoms with Crippen molar-refractivity contribution in [1.29, 1.82) is 0 Å². The van der Waals surface area contributed by atoms with Crippen LogP contribution in [0.2, 0.25) is 0 Å². The molecule has 1 aromatic carbocycles. The largest absolute Gasteiger partial charge is 0.189 e. The maximum atomic E-state index is 4.53. The average molecular weight is 196 g/mol. The van der Waals surface area contributed by atoms with Crippen molar-refractivity contribution in [3.8, 4) is 0 Å². The molecule has 1 spiro atoms. The highest BCUT2D eigenvalue weighted by molar-refractivity contribution is 5.52. The lowest BCUT2D eigenvalue weighted by molar-refractivity contribution is 0.353. The van der Waals surface area contributed by atoms with Crippen molar-refractivity contribution < 1.29 is 0 Å². The molecule has 3 aliphatic carbocycles. The Morgan fingerprint density at radius 3 is 2.67 bits per heavy atom. The van der Waals surface area contributed by atoms with Gasteiger partial charge in [-0.15, -0.1) is 0 Å². The lowest BCUT2D eigenvalue weighted by atomic mass is 9.77. The molecule has 2 fully saturated rings. The Bertz CT molecular complexity index is 501. The Labute approximate surface area is 88.4 Å². The summed E-state index contributed by atoms with van der Waals surface area (Å²) in [4.78, 5) is 0. The molecular weight excluding hydrogens is 184 g/mol. The van der Waals surface area contributed by atoms with Crippen molar-refractivity contribution >= 4 is 0 Å². The number of hydrogen-bond donors (Lipinski definition) is 0. The van der Waals surface area contributed by atoms with E-state index in [4.69, 9.17) is 0 Å². The van der Waals surface area contributed by atoms with Gasteiger partial charge in [0, 0.05) is 17.3 Å². The molecule has 0 amide bonds. The van der Waals surface area contributed by atoms with Crippen LogP contribution in [0.3, 0.4) is 0 Å². The van der Waals surface area contributed by atoms with Gasteiger partial charge < -0.3 is 0 Å². The van der Waals surface area contributed by atoms with Crippen molar-refractivity contribution in [3.05, 3.63) is 35.4 Å². The minimum Gasteiger partial charge on any atom is -0.189 e. The molecule has 1 aliphatic heterocycles. The van der Waals surface area contributed by atoms with E-state index in [1.54, 1.807) is 11.1 Å². The van der Waals surface area contributed by atoms with Crippen LogP contribution in [0.5, 0.6) is 0 Å². The molecule has 0 saturated heterocycles. The summed E-state index contributed by atoms with van der Waals surface area (Å²) in [5.41, 5.74) is 3.71. The van der Waals surface area contributed by atoms with Gasteiger partial charge in [-0.1, -0.05) is 24.3 Å². The van der Waals surface area contributed by atoms with E-state index in [2.05, 4.69) is 34.5 Å². The van der Waals surface area contributed by atoms with Crippen LogP contribution in [0.1, 0.15) is 35.8 Å². The van der Waals surface area contributed by atoms with Gasteiger partial charge in [-0.3, -0.25) is 0 Å². The van der Waals surface area contributed by atoms with Crippen LogP contribution >= 0.6 is 0 Å². The standard InChI is InChI=1S/C13H12N2/c1-2-4-8-7(3-1)9-11-10(8)13(5-6-13)12(9)15-14-11/h1-4,9-12H,5-6H2/t9-,10-,11+,12+/m0/s1. The van der Waals surface area contributed by atoms with E-state index in [0.717, 1.165) is 5.92 Å². The van der Waals surface area contributed by atoms with Gasteiger partial charge in [-0.05, 0) is 24.0 Å². The molecule has 2 nitrogen and oxygen atoms in total. The molecule has 15 heavy (non-hydrogen) atoms. The highest BCUT2D eigenvalue weighted by Crippen LogP contribution is 2.76. The summed E-state index contributed by atoms with van der Waals surface area (Å²) >= 11 is 0. The third kappa shape index (κ3) is 0.559. The van der Waals surface area contributed by atoms with Crippen molar-refractivity contribution in [1.82, 2.24) is 0 Å². The van der Waals surface area contributed by atoms with Gasteiger partial charge >= 0.3 is 0 Å². The minimum atomic E-state index is 0.509. The number of rotatable bonds is 0. The lowest BCUT2D eigenvalue weighted by Gasteiger charge is -2.29. The Hall–Kier alpha value is -1.18. The first-order chi connectivity index (χ1) is 7.42. The molecule has 0 unspecified atom stereocenters. The van der Waals surface area contributed by atoms with Gasteiger partial charge in [-0.25, -0.2) is 0 Å². The predicted octanol–water partition coefficient (Wildman–Crippen LogP) is 2.86. The predicted molar refractivity (Wildman–Crippen MR) is 56.0 cm³/mol. The van der Waals surface area contributed by atoms with Gasteiger partial charge in [0.15, 0.2) is 0 Å². The van der Waals surface area contributed by atoms with Crippen LogP contribution in [0.4, 0.5) is 0 Å². The monoisotopic (exact) mass is 196 g/mol. The molecule has 74 valence electrons. The fourth-order valence-electron chi connectivity index (χ4n) is 4.45. The Kier molecular flexibility index (Phi) is 0.899. The van der Waals surface area contributed by atoms with Crippen LogP contribution in [-0.4, -0.2) is 12.1 Å². The third-order valence-corrected chi connectivity index (χ3v) is 5.10. The Morgan fingerprint density at radius 1 is 1.07 bits per heavy atom. The van der Waals surface area contributed by atoms with E-state index < -0.39 is 0 Å². The first-order valence-electron chi connectivity index (χ1n) is 5.91. The van der Waals surface area contributed by atoms with Crippen LogP contribution < -0.4 is 0 Å². The third-order valence-electron chi connectivity index (χ3n) is 5.10. The lowest BCUT2D eigenvalue weighted by Crippen LogP contribution is -2.26. The summed E-state index contributed by atoms with van der Waals surface area (Å²) in [5, 5.41) is 9.03. The summed E-state index contributed by atoms with van der Waals surface area (Å²) < 4.78 is 0. The van der Waals surface area contributed by atoms with Gasteiger partial charge in [0.05, 0.1) is 12.1 Å². The highest BCUT2D eigenvalue weighted by atomic mass is 15.3. The average Bonchev–Trinajstić information content (AvgIpc) is 2.75. The van der Waals surface area contributed by atoms with Gasteiger partial charge in [-0.2, -0.15) is 10.2 Å². The second kappa shape index (κ2) is 1.89. The zero-order valence-electron chi connectivity index (χ0n) is 8.43. The van der Waals surface area contributed by atoms with Crippen molar-refractivity contribution in [2.45, 2.75) is 36.8 Å². The normalized spacial score (nSPS) is 45.1. The molecule has 4 bridgehead atoms. The van der Waals surface area contributed by atoms with E-state index in [-0.39, 0.29) is 0 Å². The first-order valence-corrected chi connectivity index (χ1v) is 5.91. The second-order valence-corrected chi connectivity index (χ2v) is 5.53. The summed E-state index contributed by atoms with van der Waals surface area (Å²) in [5.74, 6) is 1.37. The minimum absolute atomic E-state index is 0.509. The summed E-state index contributed by atoms with van der Waals surface area (Å²) in [6.45, 7) is 0. The van der Waals surface area contributed by atoms with Crippen molar-refractivity contribution in [3.63, 3.8) is 0 Å². The van der Waals surface area contributed by atoms with Crippen molar-refractivity contribution in [2.75, 3.05) is 0 Å². The maximum absolute atomic E-state index is 4.53. The topological polar surface area (TPSA) is 24.7 Å². The number of fused-ring (bicyclic) bond motifs is 4. The quantitative estimate of drug-likeness (QED) is 0.609. The van der Waals surface area contributed by atoms with Gasteiger partial charge in [0.2, 0.25) is 0 Å². The zero-order valence-corrected chi connectivity index (χ0v) is 8.43. The van der Waals surface area contributed by atoms with E-state index >= 15 is 0 Å². The van der Waals surface area contributed by atoms with E-state index in [1.807, 2.05) is 0 Å². The molecular formula is C13H12N2. The Balaban J connectivity index is 1.85. The van der Waals surface area contributed by atoms with Crippen LogP contribution in [-0.2, 0) is 0 Å². The van der Waals surface area contributed by atoms with E-state index in [0.29, 0.717) is 23.4 Å². The molecule has 2 saturated carbocycles. The molecule has 5 rings (SSSR count). The molecule has 4 atom stereocenters. The molecule has 2 heteroatoms. The summed E-state index contributed by atoms with van der Waals surface area (Å²) in [6.07, 6.45) is 2.78. The fraction of sp³-hybridized carbons (Fsp3) is 0.538. The number of azo groups is 1. The zero-order chi connectivity index (χ0) is 9.62. The highest BCUT2D eigenvalue weighted by Gasteiger charge is 2.73. The maximum Gasteiger partial charge on any atom is 0.0872 e. The van der Waals surface area contributed by atoms with Crippen LogP contribution in [0.15, 0.2) is 34.5 Å². The molecule has 0 N–H and O–H groups in total. The van der Waals surface area contributed by atoms with Crippen LogP contribution in [0.25, 0.3) is 0 Å². The van der Waals surface area contributed by atoms with E-state index in [9.17, 15) is 0 Å². The number of nitrogens with zero attached hydrogens (tertiary/aromatic N) is 2. The fourth-order valence-corrected chi connectivity index (χ4v) is 4.45. The molecule has 1 heterocycles. The number of benzene rings is 1. The van der Waals surface area contributed by atoms with Crippen LogP contribution in [0, 0.1) is 5.41 Å². The number of hydrogen-bond acceptors (Lipinski definition) is 2. The van der Waals surface area contributed by atoms with E-state index in [1.165, 1.54) is 12.8 Å². The summed E-state index contributed by atoms with van der Waals surface area (Å²) in [6, 6.07) is 10.0. The Morgan fingerprint density at radius 2 is 1.87 bits per heavy atom. The second-order valence-electron chi connectivity index (χ2n) is 5.53. The molecule has 0 aromatic heterocycles. The molecule has 1 aromatic rings. The summed E-state index contributed by atoms with van der Waals surface area (Å²) in [7, 11) is 0.